The number of aryl methyl sites for hydroxylation is 2. The zero-order valence-electron chi connectivity index (χ0n) is 16.1. The number of likely N-dealkylation sites (tertiary alicyclic amines) is 1. The van der Waals surface area contributed by atoms with Gasteiger partial charge in [-0.25, -0.2) is 4.98 Å². The molecule has 1 aliphatic rings. The Morgan fingerprint density at radius 3 is 2.39 bits per heavy atom. The van der Waals surface area contributed by atoms with Crippen LogP contribution in [0.25, 0.3) is 11.2 Å². The summed E-state index contributed by atoms with van der Waals surface area (Å²) in [4.78, 5) is 32.2. The second kappa shape index (κ2) is 7.53. The highest BCUT2D eigenvalue weighted by Gasteiger charge is 2.25. The molecule has 1 aromatic carbocycles. The van der Waals surface area contributed by atoms with Crippen molar-refractivity contribution in [3.05, 3.63) is 73.4 Å². The van der Waals surface area contributed by atoms with Crippen LogP contribution in [0.4, 0.5) is 0 Å². The van der Waals surface area contributed by atoms with Gasteiger partial charge in [0.1, 0.15) is 0 Å². The number of piperidine rings is 1. The molecule has 2 aromatic heterocycles. The monoisotopic (exact) mass is 398 g/mol. The Kier molecular flexibility index (Phi) is 5.08. The van der Waals surface area contributed by atoms with Crippen LogP contribution >= 0.6 is 11.6 Å². The van der Waals surface area contributed by atoms with Crippen molar-refractivity contribution in [2.45, 2.75) is 32.4 Å². The van der Waals surface area contributed by atoms with E-state index in [2.05, 4.69) is 9.88 Å². The van der Waals surface area contributed by atoms with Gasteiger partial charge in [0.2, 0.25) is 0 Å². The Bertz CT molecular complexity index is 1130. The summed E-state index contributed by atoms with van der Waals surface area (Å²) in [7, 11) is 1.63. The van der Waals surface area contributed by atoms with Gasteiger partial charge in [0.15, 0.2) is 5.65 Å². The van der Waals surface area contributed by atoms with Crippen molar-refractivity contribution in [3.63, 3.8) is 0 Å². The number of hydrogen-bond acceptors (Lipinski definition) is 4. The van der Waals surface area contributed by atoms with Crippen molar-refractivity contribution >= 4 is 22.8 Å². The zero-order chi connectivity index (χ0) is 19.8. The predicted octanol–water partition coefficient (Wildman–Crippen LogP) is 2.89. The molecule has 0 spiro atoms. The van der Waals surface area contributed by atoms with E-state index in [9.17, 15) is 9.59 Å². The number of rotatable bonds is 3. The zero-order valence-corrected chi connectivity index (χ0v) is 16.8. The number of benzene rings is 1. The molecular weight excluding hydrogens is 376 g/mol. The van der Waals surface area contributed by atoms with Gasteiger partial charge < -0.3 is 4.57 Å². The van der Waals surface area contributed by atoms with E-state index in [-0.39, 0.29) is 6.04 Å². The maximum absolute atomic E-state index is 12.8. The normalized spacial score (nSPS) is 16.0. The molecule has 146 valence electrons. The Labute approximate surface area is 168 Å². The van der Waals surface area contributed by atoms with Gasteiger partial charge in [-0.05, 0) is 49.6 Å². The van der Waals surface area contributed by atoms with Gasteiger partial charge in [-0.2, -0.15) is 0 Å². The molecule has 7 heteroatoms. The average molecular weight is 399 g/mol. The molecule has 28 heavy (non-hydrogen) atoms. The van der Waals surface area contributed by atoms with Crippen LogP contribution in [0, 0.1) is 6.92 Å². The van der Waals surface area contributed by atoms with Gasteiger partial charge in [-0.3, -0.25) is 19.1 Å². The van der Waals surface area contributed by atoms with Gasteiger partial charge in [0.25, 0.3) is 0 Å². The fraction of sp³-hybridized carbons (Fsp3) is 0.381. The molecule has 1 saturated heterocycles. The third-order valence-corrected chi connectivity index (χ3v) is 5.78. The first-order valence-corrected chi connectivity index (χ1v) is 9.87. The minimum Gasteiger partial charge on any atom is -0.304 e. The summed E-state index contributed by atoms with van der Waals surface area (Å²) in [5, 5.41) is 0.738. The lowest BCUT2D eigenvalue weighted by Crippen LogP contribution is -2.45. The number of pyridine rings is 1. The Morgan fingerprint density at radius 1 is 1.04 bits per heavy atom. The van der Waals surface area contributed by atoms with Crippen molar-refractivity contribution in [2.75, 3.05) is 13.1 Å². The Morgan fingerprint density at radius 2 is 1.71 bits per heavy atom. The fourth-order valence-electron chi connectivity index (χ4n) is 3.95. The highest BCUT2D eigenvalue weighted by atomic mass is 35.5. The summed E-state index contributed by atoms with van der Waals surface area (Å²) in [6.45, 7) is 4.48. The number of fused-ring (bicyclic) bond motifs is 1. The van der Waals surface area contributed by atoms with E-state index in [1.165, 1.54) is 10.1 Å². The number of nitrogens with zero attached hydrogens (tertiary/aromatic N) is 4. The van der Waals surface area contributed by atoms with Gasteiger partial charge in [0, 0.05) is 43.4 Å². The first-order valence-electron chi connectivity index (χ1n) is 9.50. The minimum absolute atomic E-state index is 0.0142. The topological polar surface area (TPSA) is 60.1 Å². The lowest BCUT2D eigenvalue weighted by atomic mass is 10.0. The average Bonchev–Trinajstić information content (AvgIpc) is 2.69. The molecule has 0 radical (unpaired) electrons. The van der Waals surface area contributed by atoms with Crippen LogP contribution in [0.2, 0.25) is 5.02 Å². The summed E-state index contributed by atoms with van der Waals surface area (Å²) < 4.78 is 3.03. The number of aromatic nitrogens is 3. The fourth-order valence-corrected chi connectivity index (χ4v) is 4.08. The molecule has 0 N–H and O–H groups in total. The summed E-state index contributed by atoms with van der Waals surface area (Å²) in [6, 6.07) is 11.6. The molecule has 0 aliphatic carbocycles. The van der Waals surface area contributed by atoms with Gasteiger partial charge in [-0.15, -0.1) is 0 Å². The van der Waals surface area contributed by atoms with Crippen molar-refractivity contribution in [1.29, 1.82) is 0 Å². The summed E-state index contributed by atoms with van der Waals surface area (Å²) in [5.74, 6) is 0. The van der Waals surface area contributed by atoms with Gasteiger partial charge in [0.05, 0.1) is 5.52 Å². The van der Waals surface area contributed by atoms with Crippen LogP contribution in [0.5, 0.6) is 0 Å². The molecule has 3 heterocycles. The standard InChI is InChI=1S/C21H23ClN4O2/c1-14-3-8-18-19(23-14)26(21(28)20(27)24(18)2)17-9-11-25(12-10-17)13-15-4-6-16(22)7-5-15/h3-8,17H,9-13H2,1-2H3. The third kappa shape index (κ3) is 3.50. The highest BCUT2D eigenvalue weighted by molar-refractivity contribution is 6.30. The summed E-state index contributed by atoms with van der Waals surface area (Å²) >= 11 is 5.96. The van der Waals surface area contributed by atoms with Gasteiger partial charge in [-0.1, -0.05) is 23.7 Å². The van der Waals surface area contributed by atoms with Crippen molar-refractivity contribution in [2.24, 2.45) is 7.05 Å². The Balaban J connectivity index is 1.60. The summed E-state index contributed by atoms with van der Waals surface area (Å²) in [5.41, 5.74) is 2.36. The first-order chi connectivity index (χ1) is 13.4. The highest BCUT2D eigenvalue weighted by Crippen LogP contribution is 2.25. The molecule has 0 atom stereocenters. The van der Waals surface area contributed by atoms with Crippen LogP contribution in [0.3, 0.4) is 0 Å². The molecule has 0 saturated carbocycles. The maximum Gasteiger partial charge on any atom is 0.318 e. The minimum atomic E-state index is -0.498. The molecule has 4 rings (SSSR count). The first kappa shape index (κ1) is 18.9. The molecule has 6 nitrogen and oxygen atoms in total. The van der Waals surface area contributed by atoms with E-state index in [0.717, 1.165) is 43.2 Å². The number of hydrogen-bond donors (Lipinski definition) is 0. The predicted molar refractivity (Wildman–Crippen MR) is 111 cm³/mol. The van der Waals surface area contributed by atoms with E-state index in [0.29, 0.717) is 11.2 Å². The van der Waals surface area contributed by atoms with E-state index >= 15 is 0 Å². The molecule has 0 amide bonds. The summed E-state index contributed by atoms with van der Waals surface area (Å²) in [6.07, 6.45) is 1.62. The van der Waals surface area contributed by atoms with E-state index in [4.69, 9.17) is 11.6 Å². The SMILES string of the molecule is Cc1ccc2c(n1)n(C1CCN(Cc3ccc(Cl)cc3)CC1)c(=O)c(=O)n2C. The van der Waals surface area contributed by atoms with Crippen molar-refractivity contribution in [1.82, 2.24) is 19.0 Å². The molecule has 1 fully saturated rings. The molecule has 1 aliphatic heterocycles. The van der Waals surface area contributed by atoms with Crippen LogP contribution in [0.15, 0.2) is 46.0 Å². The number of halogens is 1. The molecule has 0 bridgehead atoms. The van der Waals surface area contributed by atoms with Crippen LogP contribution in [-0.2, 0) is 13.6 Å². The second-order valence-corrected chi connectivity index (χ2v) is 7.90. The van der Waals surface area contributed by atoms with Crippen LogP contribution in [0.1, 0.15) is 30.1 Å². The van der Waals surface area contributed by atoms with Gasteiger partial charge >= 0.3 is 11.1 Å². The molecule has 0 unspecified atom stereocenters. The van der Waals surface area contributed by atoms with E-state index < -0.39 is 11.1 Å². The smallest absolute Gasteiger partial charge is 0.304 e. The van der Waals surface area contributed by atoms with Crippen molar-refractivity contribution < 1.29 is 0 Å². The maximum atomic E-state index is 12.8. The molecule has 3 aromatic rings. The molecular formula is C21H23ClN4O2. The lowest BCUT2D eigenvalue weighted by molar-refractivity contribution is 0.179. The quantitative estimate of drug-likeness (QED) is 0.636. The largest absolute Gasteiger partial charge is 0.318 e. The van der Waals surface area contributed by atoms with Crippen LogP contribution in [-0.4, -0.2) is 32.1 Å². The van der Waals surface area contributed by atoms with Crippen molar-refractivity contribution in [3.8, 4) is 0 Å². The third-order valence-electron chi connectivity index (χ3n) is 5.53. The van der Waals surface area contributed by atoms with E-state index in [1.54, 1.807) is 11.6 Å². The Hall–Kier alpha value is -2.44. The second-order valence-electron chi connectivity index (χ2n) is 7.47. The van der Waals surface area contributed by atoms with Crippen LogP contribution < -0.4 is 11.1 Å². The van der Waals surface area contributed by atoms with E-state index in [1.807, 2.05) is 43.3 Å². The lowest BCUT2D eigenvalue weighted by Gasteiger charge is -2.33.